The molecule has 0 spiro atoms. The van der Waals surface area contributed by atoms with Gasteiger partial charge in [0.2, 0.25) is 0 Å². The van der Waals surface area contributed by atoms with Gasteiger partial charge in [0.05, 0.1) is 22.8 Å². The van der Waals surface area contributed by atoms with E-state index >= 15 is 0 Å². The minimum atomic E-state index is -0.230. The first-order valence-corrected chi connectivity index (χ1v) is 14.5. The largest absolute Gasteiger partial charge is 0.508 e. The number of nitrogen functional groups attached to an aromatic ring is 1. The number of phenolic OH excluding ortho intramolecular Hbond substituents is 1. The summed E-state index contributed by atoms with van der Waals surface area (Å²) in [7, 11) is 0. The van der Waals surface area contributed by atoms with Gasteiger partial charge in [0.25, 0.3) is 5.56 Å². The summed E-state index contributed by atoms with van der Waals surface area (Å²) < 4.78 is 9.30. The second-order valence-corrected chi connectivity index (χ2v) is 10.8. The van der Waals surface area contributed by atoms with Crippen LogP contribution < -0.4 is 16.0 Å². The van der Waals surface area contributed by atoms with E-state index in [0.29, 0.717) is 49.8 Å². The van der Waals surface area contributed by atoms with Gasteiger partial charge in [-0.25, -0.2) is 19.6 Å². The maximum absolute atomic E-state index is 14.4. The van der Waals surface area contributed by atoms with Gasteiger partial charge in [-0.05, 0) is 54.1 Å². The highest BCUT2D eigenvalue weighted by Gasteiger charge is 2.21. The number of benzene rings is 4. The molecular weight excluding hydrogens is 590 g/mol. The van der Waals surface area contributed by atoms with E-state index in [0.717, 1.165) is 11.1 Å². The van der Waals surface area contributed by atoms with Crippen molar-refractivity contribution in [3.05, 3.63) is 136 Å². The second kappa shape index (κ2) is 11.7. The number of hydrogen-bond acceptors (Lipinski definition) is 8. The molecule has 7 rings (SSSR count). The first kappa shape index (κ1) is 28.1. The fraction of sp³-hybridized carbons (Fsp3) is 0.0882. The highest BCUT2D eigenvalue weighted by Crippen LogP contribution is 2.31. The van der Waals surface area contributed by atoms with Crippen molar-refractivity contribution >= 4 is 39.4 Å². The third-order valence-corrected chi connectivity index (χ3v) is 7.93. The number of para-hydroxylation sites is 1. The number of phenols is 1. The monoisotopic (exact) mass is 615 g/mol. The summed E-state index contributed by atoms with van der Waals surface area (Å²) in [4.78, 5) is 28.1. The van der Waals surface area contributed by atoms with Crippen molar-refractivity contribution in [3.63, 3.8) is 0 Å². The molecule has 45 heavy (non-hydrogen) atoms. The van der Waals surface area contributed by atoms with Gasteiger partial charge in [-0.3, -0.25) is 9.36 Å². The molecule has 0 radical (unpaired) electrons. The van der Waals surface area contributed by atoms with E-state index in [-0.39, 0.29) is 36.8 Å². The fourth-order valence-electron chi connectivity index (χ4n) is 5.35. The van der Waals surface area contributed by atoms with Crippen LogP contribution in [0.4, 0.5) is 5.82 Å². The first-order chi connectivity index (χ1) is 22.0. The third-order valence-electron chi connectivity index (χ3n) is 7.56. The summed E-state index contributed by atoms with van der Waals surface area (Å²) in [6.07, 6.45) is 1.38. The van der Waals surface area contributed by atoms with E-state index < -0.39 is 0 Å². The molecule has 0 aliphatic heterocycles. The van der Waals surface area contributed by atoms with Gasteiger partial charge < -0.3 is 15.6 Å². The Balaban J connectivity index is 1.38. The minimum Gasteiger partial charge on any atom is -0.508 e. The molecule has 3 N–H and O–H groups in total. The minimum absolute atomic E-state index is 0.103. The Hall–Kier alpha value is -5.74. The van der Waals surface area contributed by atoms with Gasteiger partial charge in [-0.15, -0.1) is 0 Å². The number of anilines is 1. The van der Waals surface area contributed by atoms with Gasteiger partial charge in [0.15, 0.2) is 5.65 Å². The lowest BCUT2D eigenvalue weighted by atomic mass is 10.1. The molecular formula is C34H26ClN7O3. The number of ether oxygens (including phenoxy) is 1. The van der Waals surface area contributed by atoms with Crippen molar-refractivity contribution in [2.45, 2.75) is 19.7 Å². The number of nitrogens with zero attached hydrogens (tertiary/aromatic N) is 6. The molecule has 0 unspecified atom stereocenters. The Morgan fingerprint density at radius 1 is 0.822 bits per heavy atom. The van der Waals surface area contributed by atoms with Crippen LogP contribution >= 0.6 is 11.6 Å². The van der Waals surface area contributed by atoms with Gasteiger partial charge in [-0.2, -0.15) is 5.10 Å². The molecule has 0 aliphatic rings. The summed E-state index contributed by atoms with van der Waals surface area (Å²) in [5.74, 6) is 1.54. The van der Waals surface area contributed by atoms with E-state index in [1.165, 1.54) is 6.33 Å². The summed E-state index contributed by atoms with van der Waals surface area (Å²) in [5.41, 5.74) is 9.85. The number of halogens is 1. The molecule has 7 aromatic rings. The summed E-state index contributed by atoms with van der Waals surface area (Å²) >= 11 is 6.56. The van der Waals surface area contributed by atoms with Crippen molar-refractivity contribution in [2.24, 2.45) is 0 Å². The van der Waals surface area contributed by atoms with Gasteiger partial charge in [0.1, 0.15) is 48.3 Å². The standard InChI is InChI=1S/C34H26ClN7O3/c35-26-11-5-4-7-22(26)17-41-28(39-27-12-6-8-23(29(27)34(41)44)19-45-25-9-2-1-3-10-25)18-42-33-30(32(36)37-20-38-33)31(40-42)21-13-15-24(43)16-14-21/h1-16,20,43H,17-19H2,(H2,36,37,38). The predicted molar refractivity (Wildman–Crippen MR) is 173 cm³/mol. The SMILES string of the molecule is Nc1ncnc2c1c(-c1ccc(O)cc1)nn2Cc1nc2cccc(COc3ccccc3)c2c(=O)n1Cc1ccccc1Cl. The lowest BCUT2D eigenvalue weighted by Gasteiger charge is -2.16. The quantitative estimate of drug-likeness (QED) is 0.218. The fourth-order valence-corrected chi connectivity index (χ4v) is 5.55. The molecule has 0 amide bonds. The Morgan fingerprint density at radius 2 is 1.58 bits per heavy atom. The summed E-state index contributed by atoms with van der Waals surface area (Å²) in [5, 5.41) is 16.2. The lowest BCUT2D eigenvalue weighted by molar-refractivity contribution is 0.307. The number of nitrogens with two attached hydrogens (primary N) is 1. The maximum atomic E-state index is 14.4. The van der Waals surface area contributed by atoms with Crippen molar-refractivity contribution in [1.29, 1.82) is 0 Å². The number of aromatic nitrogens is 6. The molecule has 0 saturated carbocycles. The molecule has 0 aliphatic carbocycles. The Bertz CT molecular complexity index is 2230. The Morgan fingerprint density at radius 3 is 2.38 bits per heavy atom. The average Bonchev–Trinajstić information content (AvgIpc) is 3.42. The van der Waals surface area contributed by atoms with Crippen LogP contribution in [0.25, 0.3) is 33.2 Å². The molecule has 3 aromatic heterocycles. The molecule has 3 heterocycles. The van der Waals surface area contributed by atoms with E-state index in [1.54, 1.807) is 39.6 Å². The van der Waals surface area contributed by atoms with Crippen LogP contribution in [0.5, 0.6) is 11.5 Å². The molecule has 0 saturated heterocycles. The molecule has 11 heteroatoms. The van der Waals surface area contributed by atoms with Crippen LogP contribution in [0.3, 0.4) is 0 Å². The predicted octanol–water partition coefficient (Wildman–Crippen LogP) is 5.82. The van der Waals surface area contributed by atoms with E-state index in [9.17, 15) is 9.90 Å². The molecule has 4 aromatic carbocycles. The van der Waals surface area contributed by atoms with Crippen molar-refractivity contribution in [2.75, 3.05) is 5.73 Å². The van der Waals surface area contributed by atoms with Gasteiger partial charge in [0, 0.05) is 16.1 Å². The van der Waals surface area contributed by atoms with Crippen molar-refractivity contribution in [3.8, 4) is 22.8 Å². The van der Waals surface area contributed by atoms with Gasteiger partial charge in [-0.1, -0.05) is 60.1 Å². The van der Waals surface area contributed by atoms with Crippen LogP contribution in [0.2, 0.25) is 5.02 Å². The van der Waals surface area contributed by atoms with Crippen molar-refractivity contribution in [1.82, 2.24) is 29.3 Å². The second-order valence-electron chi connectivity index (χ2n) is 10.4. The third kappa shape index (κ3) is 5.43. The van der Waals surface area contributed by atoms with Crippen LogP contribution in [-0.4, -0.2) is 34.4 Å². The van der Waals surface area contributed by atoms with Crippen LogP contribution in [0.15, 0.2) is 108 Å². The smallest absolute Gasteiger partial charge is 0.262 e. The topological polar surface area (TPSA) is 134 Å². The Kier molecular flexibility index (Phi) is 7.32. The number of hydrogen-bond donors (Lipinski definition) is 2. The summed E-state index contributed by atoms with van der Waals surface area (Å²) in [6, 6.07) is 29.0. The van der Waals surface area contributed by atoms with Gasteiger partial charge >= 0.3 is 0 Å². The molecule has 10 nitrogen and oxygen atoms in total. The Labute approximate surface area is 262 Å². The normalized spacial score (nSPS) is 11.3. The van der Waals surface area contributed by atoms with E-state index in [4.69, 9.17) is 32.2 Å². The average molecular weight is 616 g/mol. The maximum Gasteiger partial charge on any atom is 0.262 e. The van der Waals surface area contributed by atoms with Crippen LogP contribution in [0, 0.1) is 0 Å². The van der Waals surface area contributed by atoms with Crippen LogP contribution in [0.1, 0.15) is 17.0 Å². The van der Waals surface area contributed by atoms with E-state index in [1.807, 2.05) is 66.7 Å². The van der Waals surface area contributed by atoms with E-state index in [2.05, 4.69) is 9.97 Å². The zero-order valence-corrected chi connectivity index (χ0v) is 24.6. The van der Waals surface area contributed by atoms with Crippen molar-refractivity contribution < 1.29 is 9.84 Å². The molecule has 222 valence electrons. The molecule has 0 bridgehead atoms. The molecule has 0 fully saturated rings. The first-order valence-electron chi connectivity index (χ1n) is 14.1. The number of fused-ring (bicyclic) bond motifs is 2. The summed E-state index contributed by atoms with van der Waals surface area (Å²) in [6.45, 7) is 0.483. The van der Waals surface area contributed by atoms with Crippen LogP contribution in [-0.2, 0) is 19.7 Å². The lowest BCUT2D eigenvalue weighted by Crippen LogP contribution is -2.28. The molecule has 0 atom stereocenters. The number of aromatic hydroxyl groups is 1. The highest BCUT2D eigenvalue weighted by atomic mass is 35.5. The zero-order chi connectivity index (χ0) is 30.9. The zero-order valence-electron chi connectivity index (χ0n) is 23.8. The number of rotatable bonds is 8. The highest BCUT2D eigenvalue weighted by molar-refractivity contribution is 6.31.